The summed E-state index contributed by atoms with van der Waals surface area (Å²) in [6.45, 7) is 2.26. The van der Waals surface area contributed by atoms with Gasteiger partial charge in [-0.1, -0.05) is 96.8 Å². The van der Waals surface area contributed by atoms with Crippen LogP contribution in [-0.4, -0.2) is 5.91 Å². The van der Waals surface area contributed by atoms with E-state index in [-0.39, 0.29) is 0 Å². The summed E-state index contributed by atoms with van der Waals surface area (Å²) in [4.78, 5) is 10.9. The van der Waals surface area contributed by atoms with E-state index in [1.54, 1.807) is 0 Å². The Morgan fingerprint density at radius 2 is 1.18 bits per heavy atom. The zero-order valence-electron chi connectivity index (χ0n) is 14.6. The maximum absolute atomic E-state index is 10.9. The molecule has 0 rings (SSSR count). The molecule has 128 valence electrons. The normalized spacial score (nSPS) is 12.0. The summed E-state index contributed by atoms with van der Waals surface area (Å²) in [5.41, 5.74) is 5.14. The summed E-state index contributed by atoms with van der Waals surface area (Å²) >= 11 is 0. The average molecular weight is 309 g/mol. The number of nitrogens with zero attached hydrogens (tertiary/aromatic N) is 1. The van der Waals surface area contributed by atoms with Crippen molar-refractivity contribution >= 4 is 5.91 Å². The molecule has 0 aliphatic heterocycles. The molecule has 0 saturated heterocycles. The second-order valence-corrected chi connectivity index (χ2v) is 6.47. The van der Waals surface area contributed by atoms with Gasteiger partial charge < -0.3 is 5.73 Å². The van der Waals surface area contributed by atoms with Gasteiger partial charge in [-0.3, -0.25) is 4.79 Å². The molecule has 0 saturated carbocycles. The first-order valence-corrected chi connectivity index (χ1v) is 9.41. The number of unbranched alkanes of at least 4 members (excludes halogenated alkanes) is 13. The number of hydrogen-bond donors (Lipinski definition) is 1. The second kappa shape index (κ2) is 16.3. The number of nitriles is 1. The Hall–Kier alpha value is -1.04. The van der Waals surface area contributed by atoms with Crippen molar-refractivity contribution in [2.24, 2.45) is 11.7 Å². The van der Waals surface area contributed by atoms with Crippen molar-refractivity contribution in [2.45, 2.75) is 103 Å². The van der Waals surface area contributed by atoms with E-state index in [1.807, 2.05) is 6.07 Å². The Bertz CT molecular complexity index is 296. The maximum Gasteiger partial charge on any atom is 0.234 e. The van der Waals surface area contributed by atoms with Gasteiger partial charge in [0.2, 0.25) is 5.91 Å². The minimum absolute atomic E-state index is 0.475. The standard InChI is InChI=1S/C19H36N2O/c1-2-3-4-5-6-7-8-9-10-11-12-13-14-15-16-18(17-20)19(21)22/h18H,2-16H2,1H3,(H2,21,22). The topological polar surface area (TPSA) is 66.9 Å². The van der Waals surface area contributed by atoms with E-state index in [0.717, 1.165) is 12.8 Å². The van der Waals surface area contributed by atoms with Gasteiger partial charge in [0.25, 0.3) is 0 Å². The van der Waals surface area contributed by atoms with Gasteiger partial charge >= 0.3 is 0 Å². The molecule has 0 aromatic carbocycles. The number of primary amides is 1. The minimum Gasteiger partial charge on any atom is -0.369 e. The summed E-state index contributed by atoms with van der Waals surface area (Å²) in [6.07, 6.45) is 19.0. The number of amides is 1. The van der Waals surface area contributed by atoms with Gasteiger partial charge in [0.15, 0.2) is 0 Å². The van der Waals surface area contributed by atoms with Gasteiger partial charge in [-0.15, -0.1) is 0 Å². The molecule has 0 aliphatic carbocycles. The first-order chi connectivity index (χ1) is 10.7. The van der Waals surface area contributed by atoms with Crippen molar-refractivity contribution in [3.63, 3.8) is 0 Å². The van der Waals surface area contributed by atoms with Gasteiger partial charge in [0, 0.05) is 0 Å². The lowest BCUT2D eigenvalue weighted by atomic mass is 10.0. The van der Waals surface area contributed by atoms with E-state index in [4.69, 9.17) is 11.0 Å². The van der Waals surface area contributed by atoms with Crippen LogP contribution in [0.4, 0.5) is 0 Å². The Balaban J connectivity index is 3.15. The smallest absolute Gasteiger partial charge is 0.234 e. The van der Waals surface area contributed by atoms with Crippen LogP contribution in [0.3, 0.4) is 0 Å². The molecule has 1 amide bonds. The van der Waals surface area contributed by atoms with Crippen LogP contribution in [0.25, 0.3) is 0 Å². The summed E-state index contributed by atoms with van der Waals surface area (Å²) in [7, 11) is 0. The lowest BCUT2D eigenvalue weighted by Gasteiger charge is -2.05. The summed E-state index contributed by atoms with van der Waals surface area (Å²) in [5, 5.41) is 8.75. The molecule has 0 aromatic rings. The molecule has 0 heterocycles. The van der Waals surface area contributed by atoms with Crippen molar-refractivity contribution in [1.29, 1.82) is 5.26 Å². The minimum atomic E-state index is -0.586. The van der Waals surface area contributed by atoms with Crippen LogP contribution in [0.15, 0.2) is 0 Å². The fourth-order valence-corrected chi connectivity index (χ4v) is 2.81. The van der Waals surface area contributed by atoms with Gasteiger partial charge in [-0.2, -0.15) is 5.26 Å². The molecule has 0 fully saturated rings. The predicted molar refractivity (Wildman–Crippen MR) is 93.2 cm³/mol. The number of hydrogen-bond acceptors (Lipinski definition) is 2. The largest absolute Gasteiger partial charge is 0.369 e. The van der Waals surface area contributed by atoms with Crippen molar-refractivity contribution < 1.29 is 4.79 Å². The number of carbonyl (C=O) groups is 1. The zero-order chi connectivity index (χ0) is 16.5. The first kappa shape index (κ1) is 21.0. The van der Waals surface area contributed by atoms with Crippen LogP contribution in [0.5, 0.6) is 0 Å². The molecule has 0 radical (unpaired) electrons. The van der Waals surface area contributed by atoms with Gasteiger partial charge in [0.05, 0.1) is 6.07 Å². The highest BCUT2D eigenvalue weighted by atomic mass is 16.1. The third-order valence-electron chi connectivity index (χ3n) is 4.35. The molecule has 22 heavy (non-hydrogen) atoms. The van der Waals surface area contributed by atoms with E-state index in [9.17, 15) is 4.79 Å². The van der Waals surface area contributed by atoms with E-state index in [0.29, 0.717) is 6.42 Å². The molecule has 3 nitrogen and oxygen atoms in total. The molecule has 2 N–H and O–H groups in total. The summed E-state index contributed by atoms with van der Waals surface area (Å²) in [5.74, 6) is -1.06. The lowest BCUT2D eigenvalue weighted by Crippen LogP contribution is -2.21. The third-order valence-corrected chi connectivity index (χ3v) is 4.35. The molecule has 0 spiro atoms. The van der Waals surface area contributed by atoms with Crippen molar-refractivity contribution in [3.05, 3.63) is 0 Å². The van der Waals surface area contributed by atoms with E-state index in [1.165, 1.54) is 77.0 Å². The number of carbonyl (C=O) groups excluding carboxylic acids is 1. The van der Waals surface area contributed by atoms with Crippen LogP contribution >= 0.6 is 0 Å². The van der Waals surface area contributed by atoms with Crippen molar-refractivity contribution in [2.75, 3.05) is 0 Å². The van der Waals surface area contributed by atoms with E-state index in [2.05, 4.69) is 6.92 Å². The summed E-state index contributed by atoms with van der Waals surface area (Å²) < 4.78 is 0. The Morgan fingerprint density at radius 3 is 1.50 bits per heavy atom. The molecular formula is C19H36N2O. The van der Waals surface area contributed by atoms with Crippen molar-refractivity contribution in [3.8, 4) is 6.07 Å². The fraction of sp³-hybridized carbons (Fsp3) is 0.895. The molecule has 0 aromatic heterocycles. The third kappa shape index (κ3) is 13.9. The number of nitrogens with two attached hydrogens (primary N) is 1. The van der Waals surface area contributed by atoms with Gasteiger partial charge in [0.1, 0.15) is 5.92 Å². The Morgan fingerprint density at radius 1 is 0.818 bits per heavy atom. The second-order valence-electron chi connectivity index (χ2n) is 6.47. The lowest BCUT2D eigenvalue weighted by molar-refractivity contribution is -0.120. The first-order valence-electron chi connectivity index (χ1n) is 9.41. The molecule has 1 unspecified atom stereocenters. The molecule has 0 bridgehead atoms. The van der Waals surface area contributed by atoms with Crippen molar-refractivity contribution in [1.82, 2.24) is 0 Å². The number of rotatable bonds is 16. The quantitative estimate of drug-likeness (QED) is 0.383. The van der Waals surface area contributed by atoms with Crippen LogP contribution in [0.2, 0.25) is 0 Å². The highest BCUT2D eigenvalue weighted by molar-refractivity contribution is 5.79. The van der Waals surface area contributed by atoms with E-state index >= 15 is 0 Å². The zero-order valence-corrected chi connectivity index (χ0v) is 14.6. The molecule has 0 aliphatic rings. The van der Waals surface area contributed by atoms with Gasteiger partial charge in [-0.05, 0) is 6.42 Å². The van der Waals surface area contributed by atoms with Crippen LogP contribution < -0.4 is 5.73 Å². The molecule has 1 atom stereocenters. The summed E-state index contributed by atoms with van der Waals surface area (Å²) in [6, 6.07) is 1.97. The molecular weight excluding hydrogens is 272 g/mol. The Kier molecular flexibility index (Phi) is 15.6. The van der Waals surface area contributed by atoms with Crippen LogP contribution in [0, 0.1) is 17.2 Å². The van der Waals surface area contributed by atoms with Crippen LogP contribution in [0.1, 0.15) is 103 Å². The highest BCUT2D eigenvalue weighted by Crippen LogP contribution is 2.14. The van der Waals surface area contributed by atoms with Gasteiger partial charge in [-0.25, -0.2) is 0 Å². The molecule has 3 heteroatoms. The van der Waals surface area contributed by atoms with Crippen LogP contribution in [-0.2, 0) is 4.79 Å². The predicted octanol–water partition coefficient (Wildman–Crippen LogP) is 5.48. The fourth-order valence-electron chi connectivity index (χ4n) is 2.81. The monoisotopic (exact) mass is 308 g/mol. The maximum atomic E-state index is 10.9. The van der Waals surface area contributed by atoms with E-state index < -0.39 is 11.8 Å². The SMILES string of the molecule is CCCCCCCCCCCCCCCCC(C#N)C(N)=O. The Labute approximate surface area is 137 Å². The average Bonchev–Trinajstić information content (AvgIpc) is 2.51. The highest BCUT2D eigenvalue weighted by Gasteiger charge is 2.12.